The Morgan fingerprint density at radius 2 is 1.93 bits per heavy atom. The van der Waals surface area contributed by atoms with Gasteiger partial charge in [0.1, 0.15) is 0 Å². The maximum atomic E-state index is 12.9. The number of carbonyl (C=O) groups is 1. The first-order valence-electron chi connectivity index (χ1n) is 10.0. The molecule has 1 aliphatic heterocycles. The summed E-state index contributed by atoms with van der Waals surface area (Å²) in [6, 6.07) is 5.57. The highest BCUT2D eigenvalue weighted by molar-refractivity contribution is 5.94. The molecule has 1 fully saturated rings. The fourth-order valence-corrected chi connectivity index (χ4v) is 3.41. The summed E-state index contributed by atoms with van der Waals surface area (Å²) in [7, 11) is 1.89. The van der Waals surface area contributed by atoms with Gasteiger partial charge in [0.05, 0.1) is 25.3 Å². The van der Waals surface area contributed by atoms with Crippen LogP contribution in [0.5, 0.6) is 11.5 Å². The summed E-state index contributed by atoms with van der Waals surface area (Å²) in [6.07, 6.45) is 5.66. The van der Waals surface area contributed by atoms with E-state index in [4.69, 9.17) is 9.47 Å². The second kappa shape index (κ2) is 11.1. The van der Waals surface area contributed by atoms with Gasteiger partial charge in [-0.25, -0.2) is 0 Å². The SMILES string of the molecule is CCCOc1ccc(NC(=O)[C@H]2CNC[C@@H]2c2cnn(C)c2)cc1OCCC.Cl. The lowest BCUT2D eigenvalue weighted by Crippen LogP contribution is -2.28. The number of hydrogen-bond acceptors (Lipinski definition) is 5. The molecule has 0 saturated carbocycles. The number of halogens is 1. The van der Waals surface area contributed by atoms with Crippen molar-refractivity contribution in [2.75, 3.05) is 31.6 Å². The maximum Gasteiger partial charge on any atom is 0.229 e. The second-order valence-corrected chi connectivity index (χ2v) is 7.17. The molecule has 0 unspecified atom stereocenters. The van der Waals surface area contributed by atoms with Crippen LogP contribution in [0.4, 0.5) is 5.69 Å². The number of aryl methyl sites for hydroxylation is 1. The molecule has 1 aliphatic rings. The van der Waals surface area contributed by atoms with Gasteiger partial charge in [0.2, 0.25) is 5.91 Å². The zero-order chi connectivity index (χ0) is 19.9. The molecule has 1 aromatic carbocycles. The molecular formula is C21H31ClN4O3. The Balaban J connectivity index is 0.00000300. The summed E-state index contributed by atoms with van der Waals surface area (Å²) >= 11 is 0. The van der Waals surface area contributed by atoms with Gasteiger partial charge in [0.25, 0.3) is 0 Å². The van der Waals surface area contributed by atoms with Crippen LogP contribution in [0.2, 0.25) is 0 Å². The van der Waals surface area contributed by atoms with E-state index in [1.165, 1.54) is 0 Å². The number of nitrogens with zero attached hydrogens (tertiary/aromatic N) is 2. The maximum absolute atomic E-state index is 12.9. The molecule has 0 spiro atoms. The molecule has 3 rings (SSSR count). The average molecular weight is 423 g/mol. The summed E-state index contributed by atoms with van der Waals surface area (Å²) in [6.45, 7) is 6.80. The van der Waals surface area contributed by atoms with Crippen molar-refractivity contribution in [3.05, 3.63) is 36.2 Å². The van der Waals surface area contributed by atoms with E-state index in [9.17, 15) is 4.79 Å². The molecule has 2 N–H and O–H groups in total. The van der Waals surface area contributed by atoms with Gasteiger partial charge in [-0.2, -0.15) is 5.10 Å². The fourth-order valence-electron chi connectivity index (χ4n) is 3.41. The van der Waals surface area contributed by atoms with E-state index in [1.807, 2.05) is 37.6 Å². The molecule has 2 heterocycles. The fraction of sp³-hybridized carbons (Fsp3) is 0.524. The molecule has 7 nitrogen and oxygen atoms in total. The van der Waals surface area contributed by atoms with Crippen LogP contribution in [-0.2, 0) is 11.8 Å². The predicted octanol–water partition coefficient (Wildman–Crippen LogP) is 3.36. The van der Waals surface area contributed by atoms with Gasteiger partial charge in [0.15, 0.2) is 11.5 Å². The first-order valence-corrected chi connectivity index (χ1v) is 10.0. The Hall–Kier alpha value is -2.25. The summed E-state index contributed by atoms with van der Waals surface area (Å²) in [5.74, 6) is 1.37. The lowest BCUT2D eigenvalue weighted by Gasteiger charge is -2.18. The van der Waals surface area contributed by atoms with Crippen molar-refractivity contribution in [1.29, 1.82) is 0 Å². The second-order valence-electron chi connectivity index (χ2n) is 7.17. The van der Waals surface area contributed by atoms with E-state index in [1.54, 1.807) is 4.68 Å². The topological polar surface area (TPSA) is 77.4 Å². The molecule has 1 amide bonds. The van der Waals surface area contributed by atoms with E-state index in [-0.39, 0.29) is 30.2 Å². The number of nitrogens with one attached hydrogen (secondary N) is 2. The highest BCUT2D eigenvalue weighted by atomic mass is 35.5. The standard InChI is InChI=1S/C21H30N4O3.ClH/c1-4-8-27-19-7-6-16(10-20(19)28-9-5-2)24-21(26)18-13-22-12-17(18)15-11-23-25(3)14-15;/h6-7,10-11,14,17-18,22H,4-5,8-9,12-13H2,1-3H3,(H,24,26);1H/t17-,18+;/m1./s1. The van der Waals surface area contributed by atoms with Gasteiger partial charge in [-0.05, 0) is 30.5 Å². The van der Waals surface area contributed by atoms with Gasteiger partial charge in [-0.1, -0.05) is 13.8 Å². The van der Waals surface area contributed by atoms with E-state index in [0.717, 1.165) is 30.6 Å². The third-order valence-corrected chi connectivity index (χ3v) is 4.84. The number of rotatable bonds is 9. The summed E-state index contributed by atoms with van der Waals surface area (Å²) in [5, 5.41) is 10.6. The van der Waals surface area contributed by atoms with Crippen molar-refractivity contribution in [3.63, 3.8) is 0 Å². The number of carbonyl (C=O) groups excluding carboxylic acids is 1. The molecule has 0 aliphatic carbocycles. The van der Waals surface area contributed by atoms with Gasteiger partial charge in [0, 0.05) is 44.0 Å². The lowest BCUT2D eigenvalue weighted by molar-refractivity contribution is -0.119. The lowest BCUT2D eigenvalue weighted by atomic mass is 9.90. The van der Waals surface area contributed by atoms with Crippen LogP contribution >= 0.6 is 12.4 Å². The zero-order valence-corrected chi connectivity index (χ0v) is 18.1. The van der Waals surface area contributed by atoms with Gasteiger partial charge in [-0.3, -0.25) is 9.48 Å². The van der Waals surface area contributed by atoms with Crippen LogP contribution in [0.3, 0.4) is 0 Å². The minimum atomic E-state index is -0.139. The van der Waals surface area contributed by atoms with Crippen molar-refractivity contribution in [2.24, 2.45) is 13.0 Å². The van der Waals surface area contributed by atoms with Crippen molar-refractivity contribution < 1.29 is 14.3 Å². The smallest absolute Gasteiger partial charge is 0.229 e. The predicted molar refractivity (Wildman–Crippen MR) is 116 cm³/mol. The molecular weight excluding hydrogens is 392 g/mol. The molecule has 2 atom stereocenters. The Morgan fingerprint density at radius 1 is 1.21 bits per heavy atom. The van der Waals surface area contributed by atoms with Crippen LogP contribution in [0.15, 0.2) is 30.6 Å². The number of amides is 1. The number of anilines is 1. The Morgan fingerprint density at radius 3 is 2.59 bits per heavy atom. The normalized spacial score (nSPS) is 18.2. The molecule has 1 saturated heterocycles. The largest absolute Gasteiger partial charge is 0.490 e. The highest BCUT2D eigenvalue weighted by Crippen LogP contribution is 2.33. The van der Waals surface area contributed by atoms with E-state index < -0.39 is 0 Å². The van der Waals surface area contributed by atoms with E-state index in [2.05, 4.69) is 29.6 Å². The first-order chi connectivity index (χ1) is 13.6. The Labute approximate surface area is 178 Å². The van der Waals surface area contributed by atoms with Crippen molar-refractivity contribution >= 4 is 24.0 Å². The highest BCUT2D eigenvalue weighted by Gasteiger charge is 2.34. The van der Waals surface area contributed by atoms with Crippen LogP contribution in [0, 0.1) is 5.92 Å². The molecule has 0 bridgehead atoms. The van der Waals surface area contributed by atoms with Crippen molar-refractivity contribution in [1.82, 2.24) is 15.1 Å². The van der Waals surface area contributed by atoms with Crippen molar-refractivity contribution in [2.45, 2.75) is 32.6 Å². The van der Waals surface area contributed by atoms with Gasteiger partial charge in [-0.15, -0.1) is 12.4 Å². The molecule has 29 heavy (non-hydrogen) atoms. The van der Waals surface area contributed by atoms with Crippen molar-refractivity contribution in [3.8, 4) is 11.5 Å². The van der Waals surface area contributed by atoms with E-state index in [0.29, 0.717) is 31.3 Å². The molecule has 160 valence electrons. The van der Waals surface area contributed by atoms with Crippen LogP contribution in [0.25, 0.3) is 0 Å². The molecule has 2 aromatic rings. The number of ether oxygens (including phenoxy) is 2. The summed E-state index contributed by atoms with van der Waals surface area (Å²) in [5.41, 5.74) is 1.81. The molecule has 8 heteroatoms. The van der Waals surface area contributed by atoms with Crippen LogP contribution < -0.4 is 20.1 Å². The zero-order valence-electron chi connectivity index (χ0n) is 17.3. The number of hydrogen-bond donors (Lipinski definition) is 2. The van der Waals surface area contributed by atoms with Crippen LogP contribution in [0.1, 0.15) is 38.2 Å². The van der Waals surface area contributed by atoms with Crippen LogP contribution in [-0.4, -0.2) is 42.0 Å². The molecule has 1 aromatic heterocycles. The Bertz CT molecular complexity index is 796. The minimum absolute atomic E-state index is 0. The first kappa shape index (κ1) is 23.0. The average Bonchev–Trinajstić information content (AvgIpc) is 3.34. The monoisotopic (exact) mass is 422 g/mol. The molecule has 0 radical (unpaired) electrons. The quantitative estimate of drug-likeness (QED) is 0.647. The Kier molecular flexibility index (Phi) is 8.79. The summed E-state index contributed by atoms with van der Waals surface area (Å²) in [4.78, 5) is 12.9. The van der Waals surface area contributed by atoms with E-state index >= 15 is 0 Å². The van der Waals surface area contributed by atoms with Gasteiger partial charge < -0.3 is 20.1 Å². The third-order valence-electron chi connectivity index (χ3n) is 4.84. The summed E-state index contributed by atoms with van der Waals surface area (Å²) < 4.78 is 13.4. The number of aromatic nitrogens is 2. The number of benzene rings is 1. The minimum Gasteiger partial charge on any atom is -0.490 e. The van der Waals surface area contributed by atoms with Gasteiger partial charge >= 0.3 is 0 Å². The third kappa shape index (κ3) is 5.87.